The van der Waals surface area contributed by atoms with Gasteiger partial charge in [-0.3, -0.25) is 0 Å². The maximum atomic E-state index is 6.40. The van der Waals surface area contributed by atoms with Crippen LogP contribution < -0.4 is 0 Å². The summed E-state index contributed by atoms with van der Waals surface area (Å²) in [5.41, 5.74) is 3.86. The van der Waals surface area contributed by atoms with E-state index >= 15 is 0 Å². The molecule has 0 fully saturated rings. The Morgan fingerprint density at radius 1 is 1.06 bits per heavy atom. The van der Waals surface area contributed by atoms with Gasteiger partial charge >= 0.3 is 0 Å². The number of aromatic nitrogens is 2. The van der Waals surface area contributed by atoms with Crippen LogP contribution in [-0.4, -0.2) is 15.3 Å². The molecule has 2 rings (SSSR count). The van der Waals surface area contributed by atoms with Gasteiger partial charge in [-0.05, 0) is 44.1 Å². The lowest BCUT2D eigenvalue weighted by atomic mass is 9.85. The molecule has 0 radical (unpaired) electrons. The van der Waals surface area contributed by atoms with E-state index in [4.69, 9.17) is 11.6 Å². The van der Waals surface area contributed by atoms with Crippen LogP contribution in [0.5, 0.6) is 0 Å². The van der Waals surface area contributed by atoms with Crippen LogP contribution in [0.15, 0.2) is 6.33 Å². The van der Waals surface area contributed by atoms with Crippen molar-refractivity contribution in [3.8, 4) is 0 Å². The van der Waals surface area contributed by atoms with Gasteiger partial charge in [-0.25, -0.2) is 9.97 Å². The van der Waals surface area contributed by atoms with Gasteiger partial charge in [0.2, 0.25) is 0 Å². The van der Waals surface area contributed by atoms with Crippen LogP contribution in [0.2, 0.25) is 0 Å². The molecule has 2 atom stereocenters. The summed E-state index contributed by atoms with van der Waals surface area (Å²) in [4.78, 5) is 9.07. The fraction of sp³-hybridized carbons (Fsp3) is 0.733. The molecule has 1 aromatic rings. The number of halogens is 1. The van der Waals surface area contributed by atoms with Crippen molar-refractivity contribution in [1.29, 1.82) is 0 Å². The molecule has 1 aliphatic rings. The molecule has 18 heavy (non-hydrogen) atoms. The summed E-state index contributed by atoms with van der Waals surface area (Å²) in [6.07, 6.45) is 7.78. The van der Waals surface area contributed by atoms with Crippen molar-refractivity contribution in [3.63, 3.8) is 0 Å². The van der Waals surface area contributed by atoms with Crippen LogP contribution in [0.4, 0.5) is 0 Å². The molecular formula is C15H23ClN2. The van der Waals surface area contributed by atoms with Gasteiger partial charge in [-0.15, -0.1) is 11.6 Å². The first-order chi connectivity index (χ1) is 8.61. The maximum Gasteiger partial charge on any atom is 0.115 e. The third-order valence-electron chi connectivity index (χ3n) is 3.94. The predicted octanol–water partition coefficient (Wildman–Crippen LogP) is 4.11. The Morgan fingerprint density at radius 2 is 1.78 bits per heavy atom. The average Bonchev–Trinajstić information content (AvgIpc) is 2.53. The van der Waals surface area contributed by atoms with Gasteiger partial charge in [-0.1, -0.05) is 20.3 Å². The molecular weight excluding hydrogens is 244 g/mol. The third kappa shape index (κ3) is 2.85. The number of alkyl halides is 1. The lowest BCUT2D eigenvalue weighted by molar-refractivity contribution is 0.474. The molecule has 0 N–H and O–H groups in total. The van der Waals surface area contributed by atoms with Gasteiger partial charge in [0.1, 0.15) is 6.33 Å². The first-order valence-corrected chi connectivity index (χ1v) is 7.51. The maximum absolute atomic E-state index is 6.40. The monoisotopic (exact) mass is 266 g/mol. The molecule has 0 spiro atoms. The zero-order valence-corrected chi connectivity index (χ0v) is 12.4. The highest BCUT2D eigenvalue weighted by Gasteiger charge is 2.27. The van der Waals surface area contributed by atoms with Gasteiger partial charge in [-0.2, -0.15) is 0 Å². The highest BCUT2D eigenvalue weighted by Crippen LogP contribution is 2.34. The van der Waals surface area contributed by atoms with Crippen molar-refractivity contribution < 1.29 is 0 Å². The molecule has 0 aromatic carbocycles. The predicted molar refractivity (Wildman–Crippen MR) is 76.2 cm³/mol. The van der Waals surface area contributed by atoms with E-state index in [1.165, 1.54) is 36.2 Å². The highest BCUT2D eigenvalue weighted by atomic mass is 35.5. The Balaban J connectivity index is 2.43. The fourth-order valence-corrected chi connectivity index (χ4v) is 3.48. The first-order valence-electron chi connectivity index (χ1n) is 7.08. The molecule has 100 valence electrons. The van der Waals surface area contributed by atoms with Gasteiger partial charge in [0.15, 0.2) is 0 Å². The minimum Gasteiger partial charge on any atom is -0.241 e. The molecule has 3 heteroatoms. The Bertz CT molecular complexity index is 393. The van der Waals surface area contributed by atoms with E-state index in [0.29, 0.717) is 11.8 Å². The minimum atomic E-state index is 0.118. The lowest BCUT2D eigenvalue weighted by Crippen LogP contribution is -2.20. The summed E-state index contributed by atoms with van der Waals surface area (Å²) in [7, 11) is 0. The summed E-state index contributed by atoms with van der Waals surface area (Å²) in [5, 5.41) is 0.118. The minimum absolute atomic E-state index is 0.118. The zero-order chi connectivity index (χ0) is 13.1. The van der Waals surface area contributed by atoms with E-state index in [9.17, 15) is 0 Å². The average molecular weight is 267 g/mol. The second-order valence-electron chi connectivity index (χ2n) is 5.69. The van der Waals surface area contributed by atoms with Crippen molar-refractivity contribution in [2.45, 2.75) is 64.2 Å². The molecule has 0 aliphatic heterocycles. The van der Waals surface area contributed by atoms with Crippen molar-refractivity contribution in [1.82, 2.24) is 9.97 Å². The number of rotatable bonds is 3. The van der Waals surface area contributed by atoms with Crippen LogP contribution >= 0.6 is 11.6 Å². The van der Waals surface area contributed by atoms with Crippen molar-refractivity contribution in [2.24, 2.45) is 5.92 Å². The topological polar surface area (TPSA) is 25.8 Å². The van der Waals surface area contributed by atoms with E-state index in [1.807, 2.05) is 0 Å². The number of nitrogens with zero attached hydrogens (tertiary/aromatic N) is 2. The van der Waals surface area contributed by atoms with E-state index in [0.717, 1.165) is 12.8 Å². The fourth-order valence-electron chi connectivity index (χ4n) is 3.07. The van der Waals surface area contributed by atoms with Crippen LogP contribution in [-0.2, 0) is 12.8 Å². The smallest absolute Gasteiger partial charge is 0.115 e. The van der Waals surface area contributed by atoms with Crippen molar-refractivity contribution in [2.75, 3.05) is 0 Å². The molecule has 1 aromatic heterocycles. The number of aryl methyl sites for hydroxylation is 1. The van der Waals surface area contributed by atoms with Crippen molar-refractivity contribution in [3.05, 3.63) is 23.3 Å². The molecule has 0 amide bonds. The van der Waals surface area contributed by atoms with E-state index < -0.39 is 0 Å². The van der Waals surface area contributed by atoms with Gasteiger partial charge in [0.25, 0.3) is 0 Å². The second kappa shape index (κ2) is 6.01. The summed E-state index contributed by atoms with van der Waals surface area (Å²) < 4.78 is 0. The Hall–Kier alpha value is -0.630. The second-order valence-corrected chi connectivity index (χ2v) is 6.38. The standard InChI is InChI=1S/C15H23ClN2/c1-10(2)14(11(3)16)15-12-7-5-4-6-8-13(12)17-9-18-15/h9-11,14H,4-8H2,1-3H3. The normalized spacial score (nSPS) is 19.2. The SMILES string of the molecule is CC(C)C(c1ncnc2c1CCCCC2)C(C)Cl. The van der Waals surface area contributed by atoms with Crippen LogP contribution in [0.1, 0.15) is 62.9 Å². The number of hydrogen-bond acceptors (Lipinski definition) is 2. The van der Waals surface area contributed by atoms with E-state index in [-0.39, 0.29) is 5.38 Å². The van der Waals surface area contributed by atoms with E-state index in [1.54, 1.807) is 6.33 Å². The molecule has 0 saturated carbocycles. The number of fused-ring (bicyclic) bond motifs is 1. The molecule has 1 heterocycles. The molecule has 1 aliphatic carbocycles. The summed E-state index contributed by atoms with van der Waals surface area (Å²) in [6.45, 7) is 6.54. The Labute approximate surface area is 115 Å². The Morgan fingerprint density at radius 3 is 2.44 bits per heavy atom. The zero-order valence-electron chi connectivity index (χ0n) is 11.6. The van der Waals surface area contributed by atoms with E-state index in [2.05, 4.69) is 30.7 Å². The van der Waals surface area contributed by atoms with Gasteiger partial charge in [0.05, 0.1) is 5.69 Å². The summed E-state index contributed by atoms with van der Waals surface area (Å²) in [5.74, 6) is 0.848. The van der Waals surface area contributed by atoms with Crippen molar-refractivity contribution >= 4 is 11.6 Å². The number of hydrogen-bond donors (Lipinski definition) is 0. The summed E-state index contributed by atoms with van der Waals surface area (Å²) >= 11 is 6.40. The van der Waals surface area contributed by atoms with Crippen LogP contribution in [0.25, 0.3) is 0 Å². The molecule has 2 nitrogen and oxygen atoms in total. The molecule has 2 unspecified atom stereocenters. The summed E-state index contributed by atoms with van der Waals surface area (Å²) in [6, 6.07) is 0. The van der Waals surface area contributed by atoms with Gasteiger partial charge < -0.3 is 0 Å². The lowest BCUT2D eigenvalue weighted by Gasteiger charge is -2.25. The quantitative estimate of drug-likeness (QED) is 0.608. The van der Waals surface area contributed by atoms with Gasteiger partial charge in [0, 0.05) is 17.0 Å². The first kappa shape index (κ1) is 13.8. The molecule has 0 bridgehead atoms. The van der Waals surface area contributed by atoms with Crippen LogP contribution in [0.3, 0.4) is 0 Å². The van der Waals surface area contributed by atoms with Crippen LogP contribution in [0, 0.1) is 5.92 Å². The highest BCUT2D eigenvalue weighted by molar-refractivity contribution is 6.20. The molecule has 0 saturated heterocycles. The largest absolute Gasteiger partial charge is 0.241 e. The third-order valence-corrected chi connectivity index (χ3v) is 4.21. The Kier molecular flexibility index (Phi) is 4.60.